The highest BCUT2D eigenvalue weighted by molar-refractivity contribution is 7.99. The monoisotopic (exact) mass is 504 g/mol. The van der Waals surface area contributed by atoms with Crippen molar-refractivity contribution < 1.29 is 19.4 Å². The van der Waals surface area contributed by atoms with Crippen LogP contribution in [0.4, 0.5) is 0 Å². The lowest BCUT2D eigenvalue weighted by Gasteiger charge is -2.13. The summed E-state index contributed by atoms with van der Waals surface area (Å²) in [5.41, 5.74) is 5.10. The smallest absolute Gasteiger partial charge is 0.266 e. The second kappa shape index (κ2) is 11.0. The number of hydrogen-bond acceptors (Lipinski definition) is 8. The van der Waals surface area contributed by atoms with Crippen molar-refractivity contribution in [2.75, 3.05) is 20.0 Å². The Morgan fingerprint density at radius 2 is 1.78 bits per heavy atom. The zero-order chi connectivity index (χ0) is 25.7. The number of aromatic nitrogens is 2. The van der Waals surface area contributed by atoms with Crippen LogP contribution in [0.1, 0.15) is 11.1 Å². The van der Waals surface area contributed by atoms with Gasteiger partial charge in [-0.15, -0.1) is 0 Å². The van der Waals surface area contributed by atoms with Crippen molar-refractivity contribution in [3.8, 4) is 22.9 Å². The molecular weight excluding hydrogens is 480 g/mol. The lowest BCUT2D eigenvalue weighted by Crippen LogP contribution is -2.24. The minimum atomic E-state index is -0.383. The lowest BCUT2D eigenvalue weighted by molar-refractivity contribution is -0.118. The van der Waals surface area contributed by atoms with Crippen LogP contribution in [0.15, 0.2) is 75.7 Å². The van der Waals surface area contributed by atoms with Gasteiger partial charge in [-0.3, -0.25) is 14.2 Å². The molecule has 0 unspecified atom stereocenters. The molecule has 0 atom stereocenters. The maximum atomic E-state index is 13.3. The number of fused-ring (bicyclic) bond motifs is 1. The van der Waals surface area contributed by atoms with Crippen LogP contribution < -0.4 is 20.5 Å². The van der Waals surface area contributed by atoms with E-state index in [0.717, 1.165) is 17.3 Å². The number of hydrazone groups is 1. The van der Waals surface area contributed by atoms with Gasteiger partial charge in [0.05, 0.1) is 42.8 Å². The fourth-order valence-electron chi connectivity index (χ4n) is 3.46. The maximum Gasteiger partial charge on any atom is 0.266 e. The molecule has 0 saturated heterocycles. The van der Waals surface area contributed by atoms with Crippen molar-refractivity contribution in [2.24, 2.45) is 5.10 Å². The predicted octanol–water partition coefficient (Wildman–Crippen LogP) is 3.66. The summed E-state index contributed by atoms with van der Waals surface area (Å²) in [4.78, 5) is 30.4. The molecule has 9 nitrogen and oxygen atoms in total. The van der Waals surface area contributed by atoms with Gasteiger partial charge in [0.15, 0.2) is 16.7 Å². The summed E-state index contributed by atoms with van der Waals surface area (Å²) in [5.74, 6) is -0.0916. The Bertz CT molecular complexity index is 1470. The van der Waals surface area contributed by atoms with E-state index in [2.05, 4.69) is 15.5 Å². The van der Waals surface area contributed by atoms with Crippen molar-refractivity contribution in [3.63, 3.8) is 0 Å². The molecule has 2 N–H and O–H groups in total. The Balaban J connectivity index is 1.53. The number of phenolic OH excluding ortho intramolecular Hbond substituents is 1. The molecule has 0 radical (unpaired) electrons. The Hall–Kier alpha value is -4.31. The first-order valence-electron chi connectivity index (χ1n) is 10.9. The van der Waals surface area contributed by atoms with E-state index in [1.54, 1.807) is 30.3 Å². The molecule has 0 saturated carbocycles. The average molecular weight is 505 g/mol. The number of rotatable bonds is 8. The fourth-order valence-corrected chi connectivity index (χ4v) is 4.27. The van der Waals surface area contributed by atoms with Gasteiger partial charge in [-0.25, -0.2) is 10.4 Å². The number of phenols is 1. The number of thioether (sulfide) groups is 1. The minimum Gasteiger partial charge on any atom is -0.502 e. The topological polar surface area (TPSA) is 115 Å². The zero-order valence-corrected chi connectivity index (χ0v) is 20.7. The molecule has 4 aromatic rings. The van der Waals surface area contributed by atoms with E-state index in [1.165, 1.54) is 25.0 Å². The fraction of sp³-hybridized carbons (Fsp3) is 0.154. The average Bonchev–Trinajstić information content (AvgIpc) is 2.89. The number of aryl methyl sites for hydroxylation is 1. The molecule has 3 aromatic carbocycles. The van der Waals surface area contributed by atoms with Gasteiger partial charge >= 0.3 is 0 Å². The van der Waals surface area contributed by atoms with E-state index >= 15 is 0 Å². The van der Waals surface area contributed by atoms with Crippen molar-refractivity contribution in [3.05, 3.63) is 82.1 Å². The second-order valence-electron chi connectivity index (χ2n) is 7.74. The highest BCUT2D eigenvalue weighted by Crippen LogP contribution is 2.36. The van der Waals surface area contributed by atoms with Gasteiger partial charge in [0.25, 0.3) is 11.5 Å². The van der Waals surface area contributed by atoms with E-state index in [1.807, 2.05) is 37.3 Å². The van der Waals surface area contributed by atoms with Crippen LogP contribution in [-0.4, -0.2) is 46.8 Å². The van der Waals surface area contributed by atoms with E-state index in [9.17, 15) is 14.7 Å². The largest absolute Gasteiger partial charge is 0.502 e. The zero-order valence-electron chi connectivity index (χ0n) is 19.9. The SMILES string of the molecule is COc1cc(/C=N/NC(=O)CSc2nc3ccccc3c(=O)n2-c2ccc(C)cc2)cc(OC)c1O. The van der Waals surface area contributed by atoms with Crippen molar-refractivity contribution >= 4 is 34.8 Å². The van der Waals surface area contributed by atoms with E-state index in [0.29, 0.717) is 27.3 Å². The highest BCUT2D eigenvalue weighted by atomic mass is 32.2. The molecule has 4 rings (SSSR count). The molecule has 0 aliphatic rings. The Morgan fingerprint density at radius 1 is 1.11 bits per heavy atom. The minimum absolute atomic E-state index is 0.0177. The maximum absolute atomic E-state index is 13.3. The Kier molecular flexibility index (Phi) is 7.55. The molecule has 184 valence electrons. The van der Waals surface area contributed by atoms with Crippen molar-refractivity contribution in [1.82, 2.24) is 15.0 Å². The molecule has 1 heterocycles. The number of methoxy groups -OCH3 is 2. The van der Waals surface area contributed by atoms with Crippen LogP contribution in [0.25, 0.3) is 16.6 Å². The molecule has 0 bridgehead atoms. The number of benzene rings is 3. The van der Waals surface area contributed by atoms with E-state index < -0.39 is 0 Å². The molecule has 36 heavy (non-hydrogen) atoms. The lowest BCUT2D eigenvalue weighted by atomic mass is 10.2. The van der Waals surface area contributed by atoms with Crippen molar-refractivity contribution in [2.45, 2.75) is 12.1 Å². The molecule has 1 amide bonds. The summed E-state index contributed by atoms with van der Waals surface area (Å²) in [5, 5.41) is 14.9. The first kappa shape index (κ1) is 24.8. The summed E-state index contributed by atoms with van der Waals surface area (Å²) in [6.07, 6.45) is 1.41. The first-order valence-corrected chi connectivity index (χ1v) is 11.9. The standard InChI is InChI=1S/C26H24N4O5S/c1-16-8-10-18(11-9-16)30-25(33)19-6-4-5-7-20(19)28-26(30)36-15-23(31)29-27-14-17-12-21(34-2)24(32)22(13-17)35-3/h4-14,32H,15H2,1-3H3,(H,29,31)/b27-14+. The summed E-state index contributed by atoms with van der Waals surface area (Å²) < 4.78 is 11.8. The van der Waals surface area contributed by atoms with Gasteiger partial charge in [-0.05, 0) is 43.3 Å². The van der Waals surface area contributed by atoms with E-state index in [4.69, 9.17) is 9.47 Å². The van der Waals surface area contributed by atoms with Gasteiger partial charge in [0, 0.05) is 5.56 Å². The number of aromatic hydroxyl groups is 1. The van der Waals surface area contributed by atoms with Crippen LogP contribution in [0.5, 0.6) is 17.2 Å². The Morgan fingerprint density at radius 3 is 2.44 bits per heavy atom. The van der Waals surface area contributed by atoms with Crippen LogP contribution in [0.2, 0.25) is 0 Å². The number of carbonyl (C=O) groups excluding carboxylic acids is 1. The molecule has 0 aliphatic heterocycles. The third-order valence-electron chi connectivity index (χ3n) is 5.27. The second-order valence-corrected chi connectivity index (χ2v) is 8.69. The number of para-hydroxylation sites is 1. The molecular formula is C26H24N4O5S. The number of amides is 1. The summed E-state index contributed by atoms with van der Waals surface area (Å²) in [6, 6.07) is 17.8. The van der Waals surface area contributed by atoms with Crippen LogP contribution >= 0.6 is 11.8 Å². The summed E-state index contributed by atoms with van der Waals surface area (Å²) >= 11 is 1.14. The number of carbonyl (C=O) groups is 1. The van der Waals surface area contributed by atoms with Crippen LogP contribution in [0.3, 0.4) is 0 Å². The van der Waals surface area contributed by atoms with Gasteiger partial charge < -0.3 is 14.6 Å². The van der Waals surface area contributed by atoms with Crippen LogP contribution in [-0.2, 0) is 4.79 Å². The van der Waals surface area contributed by atoms with Gasteiger partial charge in [-0.1, -0.05) is 41.6 Å². The summed E-state index contributed by atoms with van der Waals surface area (Å²) in [7, 11) is 2.84. The molecule has 0 spiro atoms. The van der Waals surface area contributed by atoms with Crippen LogP contribution in [0, 0.1) is 6.92 Å². The number of nitrogens with zero attached hydrogens (tertiary/aromatic N) is 3. The number of hydrogen-bond donors (Lipinski definition) is 2. The normalized spacial score (nSPS) is 11.1. The number of ether oxygens (including phenoxy) is 2. The highest BCUT2D eigenvalue weighted by Gasteiger charge is 2.15. The van der Waals surface area contributed by atoms with E-state index in [-0.39, 0.29) is 34.5 Å². The quantitative estimate of drug-likeness (QED) is 0.163. The van der Waals surface area contributed by atoms with Gasteiger partial charge in [0.2, 0.25) is 5.75 Å². The molecule has 0 fully saturated rings. The predicted molar refractivity (Wildman–Crippen MR) is 140 cm³/mol. The Labute approximate surface area is 211 Å². The number of nitrogens with one attached hydrogen (secondary N) is 1. The molecule has 10 heteroatoms. The third kappa shape index (κ3) is 5.33. The molecule has 0 aliphatic carbocycles. The first-order chi connectivity index (χ1) is 17.4. The van der Waals surface area contributed by atoms with Crippen molar-refractivity contribution in [1.29, 1.82) is 0 Å². The molecule has 1 aromatic heterocycles. The third-order valence-corrected chi connectivity index (χ3v) is 6.21. The summed E-state index contributed by atoms with van der Waals surface area (Å²) in [6.45, 7) is 1.97. The van der Waals surface area contributed by atoms with Gasteiger partial charge in [-0.2, -0.15) is 5.10 Å². The van der Waals surface area contributed by atoms with Gasteiger partial charge in [0.1, 0.15) is 0 Å².